The van der Waals surface area contributed by atoms with Crippen molar-refractivity contribution in [1.82, 2.24) is 5.32 Å². The lowest BCUT2D eigenvalue weighted by molar-refractivity contribution is 0.148. The number of halogens is 1. The molecule has 3 heteroatoms. The van der Waals surface area contributed by atoms with Crippen molar-refractivity contribution in [3.8, 4) is 0 Å². The molecule has 1 aliphatic carbocycles. The van der Waals surface area contributed by atoms with Gasteiger partial charge in [-0.3, -0.25) is 0 Å². The molecule has 84 valence electrons. The first-order chi connectivity index (χ1) is 6.86. The standard InChI is InChI=1S/C12H17NO.ClH/c14-12-8-4-7-11(12)13-9-10-5-2-1-3-6-10;/h1-3,5-6,11-14H,4,7-9H2;1H/t11-,12-;/m0./s1. The molecule has 0 bridgehead atoms. The highest BCUT2D eigenvalue weighted by atomic mass is 35.5. The lowest BCUT2D eigenvalue weighted by Gasteiger charge is -2.16. The molecular formula is C12H18ClNO. The maximum atomic E-state index is 9.60. The van der Waals surface area contributed by atoms with Gasteiger partial charge in [-0.2, -0.15) is 0 Å². The third-order valence-electron chi connectivity index (χ3n) is 2.89. The van der Waals surface area contributed by atoms with Crippen LogP contribution in [0, 0.1) is 0 Å². The fraction of sp³-hybridized carbons (Fsp3) is 0.500. The molecule has 15 heavy (non-hydrogen) atoms. The number of nitrogens with one attached hydrogen (secondary N) is 1. The molecule has 0 aliphatic heterocycles. The van der Waals surface area contributed by atoms with E-state index < -0.39 is 0 Å². The molecule has 1 fully saturated rings. The van der Waals surface area contributed by atoms with Crippen molar-refractivity contribution in [2.45, 2.75) is 38.0 Å². The van der Waals surface area contributed by atoms with Gasteiger partial charge in [0, 0.05) is 12.6 Å². The van der Waals surface area contributed by atoms with E-state index in [0.717, 1.165) is 25.8 Å². The van der Waals surface area contributed by atoms with Crippen molar-refractivity contribution in [2.24, 2.45) is 0 Å². The van der Waals surface area contributed by atoms with E-state index in [2.05, 4.69) is 17.4 Å². The minimum absolute atomic E-state index is 0. The normalized spacial score (nSPS) is 24.9. The number of hydrogen-bond donors (Lipinski definition) is 2. The molecule has 2 N–H and O–H groups in total. The van der Waals surface area contributed by atoms with Crippen LogP contribution < -0.4 is 5.32 Å². The summed E-state index contributed by atoms with van der Waals surface area (Å²) < 4.78 is 0. The third kappa shape index (κ3) is 3.49. The Bertz CT molecular complexity index is 278. The molecule has 2 atom stereocenters. The highest BCUT2D eigenvalue weighted by Gasteiger charge is 2.24. The van der Waals surface area contributed by atoms with E-state index >= 15 is 0 Å². The van der Waals surface area contributed by atoms with Gasteiger partial charge in [0.05, 0.1) is 6.10 Å². The highest BCUT2D eigenvalue weighted by Crippen LogP contribution is 2.19. The van der Waals surface area contributed by atoms with E-state index in [9.17, 15) is 5.11 Å². The van der Waals surface area contributed by atoms with E-state index in [0.29, 0.717) is 6.04 Å². The van der Waals surface area contributed by atoms with Gasteiger partial charge in [-0.1, -0.05) is 30.3 Å². The van der Waals surface area contributed by atoms with Crippen molar-refractivity contribution < 1.29 is 5.11 Å². The third-order valence-corrected chi connectivity index (χ3v) is 2.89. The van der Waals surface area contributed by atoms with Crippen LogP contribution >= 0.6 is 12.4 Å². The van der Waals surface area contributed by atoms with Crippen molar-refractivity contribution >= 4 is 12.4 Å². The minimum Gasteiger partial charge on any atom is -0.392 e. The Morgan fingerprint density at radius 2 is 1.93 bits per heavy atom. The maximum absolute atomic E-state index is 9.60. The van der Waals surface area contributed by atoms with Crippen LogP contribution in [0.4, 0.5) is 0 Å². The quantitative estimate of drug-likeness (QED) is 0.829. The molecule has 0 radical (unpaired) electrons. The van der Waals surface area contributed by atoms with E-state index in [1.807, 2.05) is 18.2 Å². The van der Waals surface area contributed by atoms with Crippen LogP contribution in [0.3, 0.4) is 0 Å². The van der Waals surface area contributed by atoms with Crippen LogP contribution in [0.25, 0.3) is 0 Å². The van der Waals surface area contributed by atoms with Gasteiger partial charge >= 0.3 is 0 Å². The van der Waals surface area contributed by atoms with Crippen LogP contribution in [-0.4, -0.2) is 17.3 Å². The smallest absolute Gasteiger partial charge is 0.0693 e. The molecular weight excluding hydrogens is 210 g/mol. The fourth-order valence-electron chi connectivity index (χ4n) is 2.02. The Labute approximate surface area is 97.1 Å². The zero-order valence-electron chi connectivity index (χ0n) is 8.73. The van der Waals surface area contributed by atoms with Crippen LogP contribution in [0.15, 0.2) is 30.3 Å². The van der Waals surface area contributed by atoms with Crippen molar-refractivity contribution in [3.63, 3.8) is 0 Å². The molecule has 0 spiro atoms. The second kappa shape index (κ2) is 6.11. The summed E-state index contributed by atoms with van der Waals surface area (Å²) in [6, 6.07) is 10.6. The summed E-state index contributed by atoms with van der Waals surface area (Å²) in [4.78, 5) is 0. The Kier molecular flexibility index (Phi) is 5.09. The van der Waals surface area contributed by atoms with Gasteiger partial charge in [0.1, 0.15) is 0 Å². The largest absolute Gasteiger partial charge is 0.392 e. The van der Waals surface area contributed by atoms with E-state index in [4.69, 9.17) is 0 Å². The Hall–Kier alpha value is -0.570. The molecule has 1 aliphatic rings. The van der Waals surface area contributed by atoms with Gasteiger partial charge in [-0.15, -0.1) is 12.4 Å². The number of aliphatic hydroxyl groups excluding tert-OH is 1. The van der Waals surface area contributed by atoms with Crippen LogP contribution in [0.2, 0.25) is 0 Å². The SMILES string of the molecule is Cl.O[C@H]1CCC[C@@H]1NCc1ccccc1. The molecule has 0 heterocycles. The molecule has 1 aromatic rings. The average molecular weight is 228 g/mol. The van der Waals surface area contributed by atoms with Gasteiger partial charge in [0.15, 0.2) is 0 Å². The van der Waals surface area contributed by atoms with Crippen LogP contribution in [-0.2, 0) is 6.54 Å². The molecule has 0 amide bonds. The number of benzene rings is 1. The summed E-state index contributed by atoms with van der Waals surface area (Å²) in [6.07, 6.45) is 3.06. The number of rotatable bonds is 3. The summed E-state index contributed by atoms with van der Waals surface area (Å²) in [6.45, 7) is 0.864. The summed E-state index contributed by atoms with van der Waals surface area (Å²) in [5, 5.41) is 13.0. The summed E-state index contributed by atoms with van der Waals surface area (Å²) >= 11 is 0. The molecule has 1 aromatic carbocycles. The fourth-order valence-corrected chi connectivity index (χ4v) is 2.02. The Morgan fingerprint density at radius 3 is 2.53 bits per heavy atom. The van der Waals surface area contributed by atoms with E-state index in [1.54, 1.807) is 0 Å². The predicted molar refractivity (Wildman–Crippen MR) is 64.2 cm³/mol. The van der Waals surface area contributed by atoms with Gasteiger partial charge in [0.2, 0.25) is 0 Å². The van der Waals surface area contributed by atoms with Crippen LogP contribution in [0.5, 0.6) is 0 Å². The van der Waals surface area contributed by atoms with Gasteiger partial charge in [0.25, 0.3) is 0 Å². The predicted octanol–water partition coefficient (Wildman–Crippen LogP) is 2.11. The average Bonchev–Trinajstić information content (AvgIpc) is 2.63. The summed E-state index contributed by atoms with van der Waals surface area (Å²) in [5.41, 5.74) is 1.28. The molecule has 0 saturated heterocycles. The van der Waals surface area contributed by atoms with Gasteiger partial charge in [-0.25, -0.2) is 0 Å². The molecule has 1 saturated carbocycles. The van der Waals surface area contributed by atoms with Crippen molar-refractivity contribution in [1.29, 1.82) is 0 Å². The second-order valence-electron chi connectivity index (χ2n) is 3.97. The van der Waals surface area contributed by atoms with Crippen molar-refractivity contribution in [3.05, 3.63) is 35.9 Å². The minimum atomic E-state index is -0.140. The van der Waals surface area contributed by atoms with E-state index in [-0.39, 0.29) is 18.5 Å². The summed E-state index contributed by atoms with van der Waals surface area (Å²) in [5.74, 6) is 0. The first kappa shape index (κ1) is 12.5. The Balaban J connectivity index is 0.00000112. The zero-order chi connectivity index (χ0) is 9.80. The molecule has 0 unspecified atom stereocenters. The van der Waals surface area contributed by atoms with Crippen LogP contribution in [0.1, 0.15) is 24.8 Å². The number of hydrogen-bond acceptors (Lipinski definition) is 2. The van der Waals surface area contributed by atoms with E-state index in [1.165, 1.54) is 5.56 Å². The molecule has 0 aromatic heterocycles. The lowest BCUT2D eigenvalue weighted by atomic mass is 10.2. The second-order valence-corrected chi connectivity index (χ2v) is 3.97. The first-order valence-corrected chi connectivity index (χ1v) is 5.31. The van der Waals surface area contributed by atoms with Crippen molar-refractivity contribution in [2.75, 3.05) is 0 Å². The monoisotopic (exact) mass is 227 g/mol. The Morgan fingerprint density at radius 1 is 1.20 bits per heavy atom. The highest BCUT2D eigenvalue weighted by molar-refractivity contribution is 5.85. The molecule has 2 rings (SSSR count). The lowest BCUT2D eigenvalue weighted by Crippen LogP contribution is -2.34. The van der Waals surface area contributed by atoms with Gasteiger partial charge < -0.3 is 10.4 Å². The first-order valence-electron chi connectivity index (χ1n) is 5.31. The zero-order valence-corrected chi connectivity index (χ0v) is 9.54. The summed E-state index contributed by atoms with van der Waals surface area (Å²) in [7, 11) is 0. The topological polar surface area (TPSA) is 32.3 Å². The number of aliphatic hydroxyl groups is 1. The maximum Gasteiger partial charge on any atom is 0.0693 e. The van der Waals surface area contributed by atoms with Gasteiger partial charge in [-0.05, 0) is 24.8 Å². The molecule has 2 nitrogen and oxygen atoms in total.